The van der Waals surface area contributed by atoms with Crippen LogP contribution in [0.3, 0.4) is 0 Å². The molecule has 0 saturated carbocycles. The van der Waals surface area contributed by atoms with Crippen LogP contribution < -0.4 is 9.47 Å². The maximum Gasteiger partial charge on any atom is 0.270 e. The van der Waals surface area contributed by atoms with Gasteiger partial charge in [0.15, 0.2) is 0 Å². The summed E-state index contributed by atoms with van der Waals surface area (Å²) in [7, 11) is 1.65. The van der Waals surface area contributed by atoms with E-state index in [-0.39, 0.29) is 5.91 Å². The van der Waals surface area contributed by atoms with Crippen molar-refractivity contribution < 1.29 is 14.3 Å². The summed E-state index contributed by atoms with van der Waals surface area (Å²) in [5.74, 6) is 1.74. The molecule has 1 aliphatic heterocycles. The largest absolute Gasteiger partial charge is 0.497 e. The Kier molecular flexibility index (Phi) is 5.71. The summed E-state index contributed by atoms with van der Waals surface area (Å²) in [6, 6.07) is 15.8. The number of nitrogens with zero attached hydrogens (tertiary/aromatic N) is 2. The van der Waals surface area contributed by atoms with Gasteiger partial charge in [0.2, 0.25) is 0 Å². The first-order valence-electron chi connectivity index (χ1n) is 10.0. The highest BCUT2D eigenvalue weighted by Crippen LogP contribution is 2.19. The second kappa shape index (κ2) is 8.57. The number of piperazine rings is 1. The van der Waals surface area contributed by atoms with Gasteiger partial charge < -0.3 is 19.4 Å². The van der Waals surface area contributed by atoms with E-state index < -0.39 is 0 Å². The van der Waals surface area contributed by atoms with Gasteiger partial charge in [0.25, 0.3) is 5.91 Å². The third kappa shape index (κ3) is 4.54. The first kappa shape index (κ1) is 19.3. The molecule has 1 aromatic heterocycles. The van der Waals surface area contributed by atoms with Crippen molar-refractivity contribution in [2.75, 3.05) is 46.4 Å². The zero-order chi connectivity index (χ0) is 20.2. The van der Waals surface area contributed by atoms with Gasteiger partial charge in [-0.15, -0.1) is 0 Å². The molecular formula is C23H27N3O3. The molecule has 0 atom stereocenters. The molecule has 6 nitrogen and oxygen atoms in total. The van der Waals surface area contributed by atoms with E-state index in [0.29, 0.717) is 12.3 Å². The number of ether oxygens (including phenoxy) is 2. The van der Waals surface area contributed by atoms with Crippen LogP contribution in [0.25, 0.3) is 10.9 Å². The number of rotatable bonds is 6. The lowest BCUT2D eigenvalue weighted by Crippen LogP contribution is -2.49. The lowest BCUT2D eigenvalue weighted by atomic mass is 10.2. The Morgan fingerprint density at radius 3 is 2.45 bits per heavy atom. The molecule has 6 heteroatoms. The average molecular weight is 393 g/mol. The molecule has 1 fully saturated rings. The number of aromatic nitrogens is 1. The van der Waals surface area contributed by atoms with Crippen molar-refractivity contribution in [2.45, 2.75) is 6.92 Å². The van der Waals surface area contributed by atoms with Crippen LogP contribution in [-0.2, 0) is 0 Å². The van der Waals surface area contributed by atoms with Crippen molar-refractivity contribution in [3.05, 3.63) is 59.8 Å². The third-order valence-electron chi connectivity index (χ3n) is 5.40. The van der Waals surface area contributed by atoms with Crippen LogP contribution in [0.4, 0.5) is 0 Å². The molecule has 4 rings (SSSR count). The fourth-order valence-electron chi connectivity index (χ4n) is 3.67. The molecule has 0 radical (unpaired) electrons. The Morgan fingerprint density at radius 1 is 1.00 bits per heavy atom. The molecule has 1 saturated heterocycles. The van der Waals surface area contributed by atoms with Crippen molar-refractivity contribution in [1.82, 2.24) is 14.8 Å². The molecule has 0 unspecified atom stereocenters. The Balaban J connectivity index is 1.25. The Bertz CT molecular complexity index is 973. The monoisotopic (exact) mass is 393 g/mol. The quantitative estimate of drug-likeness (QED) is 0.698. The maximum absolute atomic E-state index is 12.9. The minimum Gasteiger partial charge on any atom is -0.497 e. The number of hydrogen-bond donors (Lipinski definition) is 1. The van der Waals surface area contributed by atoms with E-state index in [1.807, 2.05) is 35.2 Å². The number of nitrogens with one attached hydrogen (secondary N) is 1. The highest BCUT2D eigenvalue weighted by Gasteiger charge is 2.23. The van der Waals surface area contributed by atoms with E-state index in [1.165, 1.54) is 5.56 Å². The lowest BCUT2D eigenvalue weighted by Gasteiger charge is -2.34. The Labute approximate surface area is 171 Å². The molecule has 2 heterocycles. The summed E-state index contributed by atoms with van der Waals surface area (Å²) < 4.78 is 11.0. The molecule has 152 valence electrons. The molecule has 3 aromatic rings. The van der Waals surface area contributed by atoms with E-state index in [1.54, 1.807) is 7.11 Å². The second-order valence-corrected chi connectivity index (χ2v) is 7.43. The highest BCUT2D eigenvalue weighted by molar-refractivity contribution is 5.98. The fraction of sp³-hybridized carbons (Fsp3) is 0.348. The lowest BCUT2D eigenvalue weighted by molar-refractivity contribution is 0.0615. The molecule has 0 aliphatic carbocycles. The Hall–Kier alpha value is -2.99. The molecule has 2 aromatic carbocycles. The van der Waals surface area contributed by atoms with Gasteiger partial charge in [-0.2, -0.15) is 0 Å². The van der Waals surface area contributed by atoms with Crippen LogP contribution in [0.1, 0.15) is 16.1 Å². The average Bonchev–Trinajstić information content (AvgIpc) is 3.17. The molecule has 0 spiro atoms. The van der Waals surface area contributed by atoms with Gasteiger partial charge in [-0.3, -0.25) is 9.69 Å². The Morgan fingerprint density at radius 2 is 1.72 bits per heavy atom. The first-order chi connectivity index (χ1) is 14.1. The molecule has 1 aliphatic rings. The maximum atomic E-state index is 12.9. The molecular weight excluding hydrogens is 366 g/mol. The number of carbonyl (C=O) groups excluding carboxylic acids is 1. The molecule has 29 heavy (non-hydrogen) atoms. The van der Waals surface area contributed by atoms with Gasteiger partial charge in [0.05, 0.1) is 7.11 Å². The molecule has 1 N–H and O–H groups in total. The molecule has 0 bridgehead atoms. The van der Waals surface area contributed by atoms with Crippen LogP contribution in [0.15, 0.2) is 48.5 Å². The van der Waals surface area contributed by atoms with Crippen LogP contribution in [0, 0.1) is 6.92 Å². The standard InChI is InChI=1S/C23H27N3O3/c1-17-3-4-18-16-22(24-21(18)15-17)23(27)26-11-9-25(10-12-26)13-14-29-20-7-5-19(28-2)6-8-20/h3-8,15-16,24H,9-14H2,1-2H3. The number of benzene rings is 2. The van der Waals surface area contributed by atoms with Gasteiger partial charge in [-0.25, -0.2) is 0 Å². The minimum absolute atomic E-state index is 0.0768. The fourth-order valence-corrected chi connectivity index (χ4v) is 3.67. The number of hydrogen-bond acceptors (Lipinski definition) is 4. The van der Waals surface area contributed by atoms with E-state index in [9.17, 15) is 4.79 Å². The van der Waals surface area contributed by atoms with Crippen molar-refractivity contribution in [1.29, 1.82) is 0 Å². The number of aryl methyl sites for hydroxylation is 1. The summed E-state index contributed by atoms with van der Waals surface area (Å²) in [6.45, 7) is 6.71. The zero-order valence-electron chi connectivity index (χ0n) is 17.0. The number of carbonyl (C=O) groups is 1. The van der Waals surface area contributed by atoms with Crippen molar-refractivity contribution >= 4 is 16.8 Å². The number of aromatic amines is 1. The number of H-pyrrole nitrogens is 1. The van der Waals surface area contributed by atoms with Gasteiger partial charge in [0.1, 0.15) is 23.8 Å². The molecule has 1 amide bonds. The van der Waals surface area contributed by atoms with Gasteiger partial charge in [0, 0.05) is 43.6 Å². The topological polar surface area (TPSA) is 57.8 Å². The van der Waals surface area contributed by atoms with Crippen LogP contribution in [0.5, 0.6) is 11.5 Å². The zero-order valence-corrected chi connectivity index (χ0v) is 17.0. The summed E-state index contributed by atoms with van der Waals surface area (Å²) in [6.07, 6.45) is 0. The highest BCUT2D eigenvalue weighted by atomic mass is 16.5. The normalized spacial score (nSPS) is 14.9. The van der Waals surface area contributed by atoms with E-state index in [0.717, 1.165) is 55.1 Å². The van der Waals surface area contributed by atoms with Crippen LogP contribution in [0.2, 0.25) is 0 Å². The summed E-state index contributed by atoms with van der Waals surface area (Å²) in [4.78, 5) is 20.4. The smallest absolute Gasteiger partial charge is 0.270 e. The van der Waals surface area contributed by atoms with E-state index in [4.69, 9.17) is 9.47 Å². The second-order valence-electron chi connectivity index (χ2n) is 7.43. The minimum atomic E-state index is 0.0768. The number of fused-ring (bicyclic) bond motifs is 1. The van der Waals surface area contributed by atoms with Crippen molar-refractivity contribution in [2.24, 2.45) is 0 Å². The van der Waals surface area contributed by atoms with E-state index >= 15 is 0 Å². The third-order valence-corrected chi connectivity index (χ3v) is 5.40. The van der Waals surface area contributed by atoms with Crippen molar-refractivity contribution in [3.8, 4) is 11.5 Å². The van der Waals surface area contributed by atoms with Gasteiger partial charge >= 0.3 is 0 Å². The van der Waals surface area contributed by atoms with Crippen LogP contribution >= 0.6 is 0 Å². The van der Waals surface area contributed by atoms with Gasteiger partial charge in [-0.05, 0) is 48.9 Å². The summed E-state index contributed by atoms with van der Waals surface area (Å²) in [5.41, 5.74) is 2.87. The van der Waals surface area contributed by atoms with Gasteiger partial charge in [-0.1, -0.05) is 12.1 Å². The first-order valence-corrected chi connectivity index (χ1v) is 10.0. The summed E-state index contributed by atoms with van der Waals surface area (Å²) in [5, 5.41) is 1.08. The summed E-state index contributed by atoms with van der Waals surface area (Å²) >= 11 is 0. The van der Waals surface area contributed by atoms with Crippen LogP contribution in [-0.4, -0.2) is 67.1 Å². The van der Waals surface area contributed by atoms with Crippen molar-refractivity contribution in [3.63, 3.8) is 0 Å². The SMILES string of the molecule is COc1ccc(OCCN2CCN(C(=O)c3cc4ccc(C)cc4[nH]3)CC2)cc1. The predicted molar refractivity (Wildman–Crippen MR) is 114 cm³/mol. The number of amides is 1. The number of methoxy groups -OCH3 is 1. The predicted octanol–water partition coefficient (Wildman–Crippen LogP) is 3.32. The van der Waals surface area contributed by atoms with E-state index in [2.05, 4.69) is 35.0 Å².